The van der Waals surface area contributed by atoms with Crippen LogP contribution in [0.15, 0.2) is 0 Å². The van der Waals surface area contributed by atoms with Gasteiger partial charge in [0, 0.05) is 6.04 Å². The largest absolute Gasteiger partial charge is 0.400 e. The molecule has 86 valence electrons. The Morgan fingerprint density at radius 2 is 1.43 bits per heavy atom. The highest BCUT2D eigenvalue weighted by molar-refractivity contribution is 6.13. The average Bonchev–Trinajstić information content (AvgIpc) is 1.95. The summed E-state index contributed by atoms with van der Waals surface area (Å²) in [6, 6.07) is -1.06. The van der Waals surface area contributed by atoms with E-state index in [0.717, 1.165) is 6.92 Å². The van der Waals surface area contributed by atoms with Gasteiger partial charge < -0.3 is 0 Å². The highest BCUT2D eigenvalue weighted by Crippen LogP contribution is 2.41. The maximum atomic E-state index is 11.9. The number of nitrogens with one attached hydrogen (secondary N) is 1. The highest BCUT2D eigenvalue weighted by atomic mass is 35.5. The van der Waals surface area contributed by atoms with Crippen molar-refractivity contribution in [3.63, 3.8) is 0 Å². The molecule has 0 amide bonds. The molecule has 0 aliphatic rings. The monoisotopic (exact) mass is 243 g/mol. The van der Waals surface area contributed by atoms with Gasteiger partial charge in [0.25, 0.3) is 0 Å². The summed E-state index contributed by atoms with van der Waals surface area (Å²) in [7, 11) is 0. The fourth-order valence-corrected chi connectivity index (χ4v) is 0.940. The minimum Gasteiger partial charge on any atom is -0.231 e. The number of hydrogen-bond acceptors (Lipinski definition) is 1. The second-order valence-electron chi connectivity index (χ2n) is 2.88. The van der Waals surface area contributed by atoms with Crippen LogP contribution >= 0.6 is 11.8 Å². The van der Waals surface area contributed by atoms with Crippen molar-refractivity contribution in [3.05, 3.63) is 0 Å². The summed E-state index contributed by atoms with van der Waals surface area (Å²) in [6.45, 7) is 1.14. The van der Waals surface area contributed by atoms with Gasteiger partial charge >= 0.3 is 12.4 Å². The SMILES string of the molecule is C[C@H](CC(C(F)(F)F)C(F)(F)F)NCl. The third-order valence-electron chi connectivity index (χ3n) is 1.57. The van der Waals surface area contributed by atoms with Gasteiger partial charge in [-0.3, -0.25) is 0 Å². The van der Waals surface area contributed by atoms with E-state index in [0.29, 0.717) is 0 Å². The summed E-state index contributed by atoms with van der Waals surface area (Å²) in [6.07, 6.45) is -11.7. The fourth-order valence-electron chi connectivity index (χ4n) is 0.851. The number of halogens is 7. The van der Waals surface area contributed by atoms with Crippen LogP contribution in [0.3, 0.4) is 0 Å². The molecule has 0 unspecified atom stereocenters. The molecule has 0 saturated carbocycles. The third-order valence-corrected chi connectivity index (χ3v) is 1.94. The number of alkyl halides is 6. The molecule has 0 bridgehead atoms. The van der Waals surface area contributed by atoms with Crippen molar-refractivity contribution < 1.29 is 26.3 Å². The molecule has 0 aliphatic carbocycles. The van der Waals surface area contributed by atoms with Crippen molar-refractivity contribution in [1.82, 2.24) is 4.84 Å². The molecule has 0 aromatic carbocycles. The van der Waals surface area contributed by atoms with Crippen LogP contribution in [0.1, 0.15) is 13.3 Å². The summed E-state index contributed by atoms with van der Waals surface area (Å²) in [5, 5.41) is 0. The molecule has 0 rings (SSSR count). The van der Waals surface area contributed by atoms with Gasteiger partial charge in [0.1, 0.15) is 0 Å². The summed E-state index contributed by atoms with van der Waals surface area (Å²) < 4.78 is 71.5. The van der Waals surface area contributed by atoms with Gasteiger partial charge in [0.15, 0.2) is 5.92 Å². The Morgan fingerprint density at radius 1 is 1.07 bits per heavy atom. The topological polar surface area (TPSA) is 12.0 Å². The van der Waals surface area contributed by atoms with Crippen LogP contribution in [-0.4, -0.2) is 18.4 Å². The molecule has 0 heterocycles. The molecule has 0 fully saturated rings. The standard InChI is InChI=1S/C6H8ClF6N/c1-3(14-7)2-4(5(8,9)10)6(11,12)13/h3-4,14H,2H2,1H3/t3-/m1/s1. The van der Waals surface area contributed by atoms with Gasteiger partial charge in [0.05, 0.1) is 0 Å². The van der Waals surface area contributed by atoms with E-state index in [4.69, 9.17) is 11.8 Å². The Labute approximate surface area is 81.5 Å². The van der Waals surface area contributed by atoms with Crippen LogP contribution in [-0.2, 0) is 0 Å². The summed E-state index contributed by atoms with van der Waals surface area (Å²) in [4.78, 5) is 1.81. The Hall–Kier alpha value is -0.170. The maximum Gasteiger partial charge on any atom is 0.400 e. The van der Waals surface area contributed by atoms with Crippen LogP contribution in [0.25, 0.3) is 0 Å². The molecule has 0 saturated heterocycles. The van der Waals surface area contributed by atoms with E-state index >= 15 is 0 Å². The molecule has 1 atom stereocenters. The first kappa shape index (κ1) is 13.8. The second kappa shape index (κ2) is 4.57. The first-order valence-corrected chi connectivity index (χ1v) is 3.96. The van der Waals surface area contributed by atoms with Crippen LogP contribution in [0.5, 0.6) is 0 Å². The Bertz CT molecular complexity index is 162. The molecule has 14 heavy (non-hydrogen) atoms. The van der Waals surface area contributed by atoms with Crippen molar-refractivity contribution in [2.75, 3.05) is 0 Å². The molecule has 0 spiro atoms. The zero-order valence-electron chi connectivity index (χ0n) is 7.01. The minimum absolute atomic E-state index is 1.06. The molecule has 0 aromatic heterocycles. The molecular formula is C6H8ClF6N. The number of hydrogen-bond donors (Lipinski definition) is 1. The van der Waals surface area contributed by atoms with E-state index in [1.165, 1.54) is 0 Å². The molecule has 0 aliphatic heterocycles. The van der Waals surface area contributed by atoms with E-state index in [1.54, 1.807) is 0 Å². The lowest BCUT2D eigenvalue weighted by molar-refractivity contribution is -0.286. The van der Waals surface area contributed by atoms with Gasteiger partial charge in [-0.25, -0.2) is 4.84 Å². The predicted molar refractivity (Wildman–Crippen MR) is 38.7 cm³/mol. The number of rotatable bonds is 3. The second-order valence-corrected chi connectivity index (χ2v) is 3.10. The molecule has 8 heteroatoms. The van der Waals surface area contributed by atoms with E-state index in [-0.39, 0.29) is 0 Å². The zero-order chi connectivity index (χ0) is 11.6. The van der Waals surface area contributed by atoms with Crippen molar-refractivity contribution in [3.8, 4) is 0 Å². The minimum atomic E-state index is -5.29. The zero-order valence-corrected chi connectivity index (χ0v) is 7.76. The van der Waals surface area contributed by atoms with Gasteiger partial charge in [-0.1, -0.05) is 0 Å². The normalized spacial score (nSPS) is 16.1. The van der Waals surface area contributed by atoms with Crippen LogP contribution < -0.4 is 4.84 Å². The van der Waals surface area contributed by atoms with E-state index in [1.807, 2.05) is 4.84 Å². The predicted octanol–water partition coefficient (Wildman–Crippen LogP) is 3.25. The van der Waals surface area contributed by atoms with Gasteiger partial charge in [-0.05, 0) is 25.1 Å². The van der Waals surface area contributed by atoms with Crippen molar-refractivity contribution >= 4 is 11.8 Å². The van der Waals surface area contributed by atoms with Crippen LogP contribution in [0.4, 0.5) is 26.3 Å². The highest BCUT2D eigenvalue weighted by Gasteiger charge is 2.56. The van der Waals surface area contributed by atoms with E-state index in [2.05, 4.69) is 0 Å². The lowest BCUT2D eigenvalue weighted by atomic mass is 10.0. The fraction of sp³-hybridized carbons (Fsp3) is 1.00. The van der Waals surface area contributed by atoms with Crippen LogP contribution in [0.2, 0.25) is 0 Å². The Morgan fingerprint density at radius 3 is 1.64 bits per heavy atom. The Balaban J connectivity index is 4.59. The molecule has 1 nitrogen and oxygen atoms in total. The van der Waals surface area contributed by atoms with Crippen molar-refractivity contribution in [1.29, 1.82) is 0 Å². The van der Waals surface area contributed by atoms with Crippen LogP contribution in [0, 0.1) is 5.92 Å². The Kier molecular flexibility index (Phi) is 4.51. The summed E-state index contributed by atoms with van der Waals surface area (Å²) >= 11 is 4.91. The van der Waals surface area contributed by atoms with Gasteiger partial charge in [0.2, 0.25) is 0 Å². The quantitative estimate of drug-likeness (QED) is 0.593. The molecule has 0 radical (unpaired) electrons. The lowest BCUT2D eigenvalue weighted by Crippen LogP contribution is -2.40. The first-order chi connectivity index (χ1) is 6.09. The molecular weight excluding hydrogens is 236 g/mol. The molecule has 0 aromatic rings. The summed E-state index contributed by atoms with van der Waals surface area (Å²) in [5.74, 6) is -3.34. The van der Waals surface area contributed by atoms with E-state index in [9.17, 15) is 26.3 Å². The summed E-state index contributed by atoms with van der Waals surface area (Å²) in [5.41, 5.74) is 0. The molecule has 1 N–H and O–H groups in total. The maximum absolute atomic E-state index is 11.9. The van der Waals surface area contributed by atoms with Crippen molar-refractivity contribution in [2.45, 2.75) is 31.7 Å². The lowest BCUT2D eigenvalue weighted by Gasteiger charge is -2.24. The third kappa shape index (κ3) is 4.36. The smallest absolute Gasteiger partial charge is 0.231 e. The van der Waals surface area contributed by atoms with E-state index < -0.39 is 30.7 Å². The van der Waals surface area contributed by atoms with Gasteiger partial charge in [-0.15, -0.1) is 0 Å². The van der Waals surface area contributed by atoms with Gasteiger partial charge in [-0.2, -0.15) is 26.3 Å². The average molecular weight is 244 g/mol. The van der Waals surface area contributed by atoms with Crippen molar-refractivity contribution in [2.24, 2.45) is 5.92 Å². The first-order valence-electron chi connectivity index (χ1n) is 3.58.